The number of esters is 1. The Hall–Kier alpha value is -6.11. The number of carbonyl (C=O) groups excluding carboxylic acids is 2. The van der Waals surface area contributed by atoms with Crippen LogP contribution in [0.1, 0.15) is 82.2 Å². The van der Waals surface area contributed by atoms with Gasteiger partial charge in [-0.25, -0.2) is 19.4 Å². The van der Waals surface area contributed by atoms with Gasteiger partial charge in [-0.15, -0.1) is 10.2 Å². The minimum Gasteiger partial charge on any atom is -0.453 e. The fourth-order valence-corrected chi connectivity index (χ4v) is 5.78. The molecule has 0 aliphatic carbocycles. The first-order chi connectivity index (χ1) is 25.8. The molecule has 0 saturated heterocycles. The summed E-state index contributed by atoms with van der Waals surface area (Å²) in [7, 11) is 0. The largest absolute Gasteiger partial charge is 0.519 e. The lowest BCUT2D eigenvalue weighted by Gasteiger charge is -2.17. The van der Waals surface area contributed by atoms with Gasteiger partial charge in [-0.05, 0) is 66.8 Å². The highest BCUT2D eigenvalue weighted by atomic mass is 17.1. The van der Waals surface area contributed by atoms with Gasteiger partial charge in [-0.2, -0.15) is 0 Å². The Labute approximate surface area is 307 Å². The van der Waals surface area contributed by atoms with Crippen molar-refractivity contribution in [3.8, 4) is 22.5 Å². The van der Waals surface area contributed by atoms with E-state index < -0.39 is 28.7 Å². The van der Waals surface area contributed by atoms with E-state index in [-0.39, 0.29) is 54.1 Å². The molecular weight excluding hydrogens is 702 g/mol. The number of hydrogen-bond acceptors (Lipinski definition) is 15. The zero-order chi connectivity index (χ0) is 38.6. The Morgan fingerprint density at radius 1 is 0.944 bits per heavy atom. The van der Waals surface area contributed by atoms with Crippen LogP contribution in [0.4, 0.5) is 0 Å². The van der Waals surface area contributed by atoms with E-state index in [9.17, 15) is 19.5 Å². The number of carbonyl (C=O) groups is 2. The van der Waals surface area contributed by atoms with Crippen molar-refractivity contribution in [3.05, 3.63) is 129 Å². The van der Waals surface area contributed by atoms with Crippen LogP contribution in [0.3, 0.4) is 0 Å². The van der Waals surface area contributed by atoms with Crippen molar-refractivity contribution < 1.29 is 43.5 Å². The van der Waals surface area contributed by atoms with E-state index in [2.05, 4.69) is 25.2 Å². The molecule has 0 saturated carbocycles. The maximum Gasteiger partial charge on any atom is 0.519 e. The van der Waals surface area contributed by atoms with Crippen molar-refractivity contribution in [1.29, 1.82) is 0 Å². The van der Waals surface area contributed by atoms with Crippen LogP contribution < -0.4 is 5.82 Å². The molecular formula is C37H37N7O10. The molecule has 0 unspecified atom stereocenters. The number of hydrogen-bond donors (Lipinski definition) is 3. The highest BCUT2D eigenvalue weighted by molar-refractivity contribution is 5.95. The normalized spacial score (nSPS) is 11.7. The predicted octanol–water partition coefficient (Wildman–Crippen LogP) is 4.84. The van der Waals surface area contributed by atoms with E-state index in [1.165, 1.54) is 13.0 Å². The number of tetrazole rings is 1. The summed E-state index contributed by atoms with van der Waals surface area (Å²) >= 11 is 0. The molecule has 0 aliphatic heterocycles. The van der Waals surface area contributed by atoms with Crippen LogP contribution in [0.5, 0.6) is 0 Å². The molecule has 3 heterocycles. The molecule has 0 atom stereocenters. The van der Waals surface area contributed by atoms with Crippen molar-refractivity contribution >= 4 is 11.9 Å². The second-order valence-corrected chi connectivity index (χ2v) is 12.8. The monoisotopic (exact) mass is 739 g/mol. The van der Waals surface area contributed by atoms with Gasteiger partial charge >= 0.3 is 11.8 Å². The van der Waals surface area contributed by atoms with Crippen LogP contribution in [0, 0.1) is 6.92 Å². The second-order valence-electron chi connectivity index (χ2n) is 12.8. The van der Waals surface area contributed by atoms with E-state index in [1.54, 1.807) is 36.6 Å². The number of rotatable bonds is 14. The third kappa shape index (κ3) is 8.41. The fraction of sp³-hybridized carbons (Fsp3) is 0.270. The highest BCUT2D eigenvalue weighted by Gasteiger charge is 2.33. The first kappa shape index (κ1) is 37.6. The first-order valence-electron chi connectivity index (χ1n) is 16.8. The molecule has 0 aliphatic rings. The first-order valence-corrected chi connectivity index (χ1v) is 16.8. The van der Waals surface area contributed by atoms with Crippen LogP contribution >= 0.6 is 0 Å². The fourth-order valence-electron chi connectivity index (χ4n) is 5.78. The lowest BCUT2D eigenvalue weighted by Crippen LogP contribution is -2.23. The van der Waals surface area contributed by atoms with Crippen molar-refractivity contribution in [2.75, 3.05) is 0 Å². The van der Waals surface area contributed by atoms with Crippen LogP contribution in [0.2, 0.25) is 0 Å². The zero-order valence-electron chi connectivity index (χ0n) is 29.8. The standard InChI is InChI=1S/C37H37N7O10/c1-5-9-30-38-32(37(3,4)48)31(35(46)51-21-29-22(2)53-36(47)54-29)42(30)19-23-14-16-25(17-15-23)27-12-6-7-13-28(27)33-39-41-43(40-33)34(45)26-11-8-10-24(18-26)20-52-44(49)50/h6-8,10-18,48-50H,5,9,19-21H2,1-4H3. The van der Waals surface area contributed by atoms with Crippen LogP contribution in [-0.4, -0.2) is 62.5 Å². The van der Waals surface area contributed by atoms with Crippen molar-refractivity contribution in [2.24, 2.45) is 0 Å². The topological polar surface area (TPSA) is 221 Å². The molecule has 280 valence electrons. The van der Waals surface area contributed by atoms with Crippen LogP contribution in [0.15, 0.2) is 86.4 Å². The predicted molar refractivity (Wildman–Crippen MR) is 187 cm³/mol. The Morgan fingerprint density at radius 2 is 1.69 bits per heavy atom. The smallest absolute Gasteiger partial charge is 0.453 e. The quantitative estimate of drug-likeness (QED) is 0.100. The molecule has 0 fully saturated rings. The SMILES string of the molecule is CCCc1nc(C(C)(C)O)c(C(=O)OCc2oc(=O)oc2C)n1Cc1ccc(-c2ccccc2-c2nnn(C(=O)c3cccc(CON(O)O)c3)n2)cc1. The maximum atomic E-state index is 13.6. The molecule has 0 spiro atoms. The number of aliphatic hydroxyl groups is 1. The summed E-state index contributed by atoms with van der Waals surface area (Å²) in [6, 6.07) is 21.4. The van der Waals surface area contributed by atoms with Gasteiger partial charge in [0, 0.05) is 24.1 Å². The van der Waals surface area contributed by atoms with Gasteiger partial charge in [0.05, 0.1) is 12.0 Å². The summed E-state index contributed by atoms with van der Waals surface area (Å²) in [4.78, 5) is 48.5. The second kappa shape index (κ2) is 15.9. The van der Waals surface area contributed by atoms with Crippen molar-refractivity contribution in [2.45, 2.75) is 65.9 Å². The summed E-state index contributed by atoms with van der Waals surface area (Å²) in [6.45, 7) is 6.28. The molecule has 0 amide bonds. The number of imidazole rings is 1. The van der Waals surface area contributed by atoms with E-state index in [4.69, 9.17) is 24.0 Å². The summed E-state index contributed by atoms with van der Waals surface area (Å²) in [5.41, 5.74) is 2.55. The van der Waals surface area contributed by atoms with Crippen molar-refractivity contribution in [3.63, 3.8) is 0 Å². The summed E-state index contributed by atoms with van der Waals surface area (Å²) < 4.78 is 17.1. The van der Waals surface area contributed by atoms with Gasteiger partial charge in [0.15, 0.2) is 23.8 Å². The highest BCUT2D eigenvalue weighted by Crippen LogP contribution is 2.31. The molecule has 3 N–H and O–H groups in total. The third-order valence-corrected chi connectivity index (χ3v) is 8.35. The molecule has 0 bridgehead atoms. The average molecular weight is 740 g/mol. The molecule has 3 aromatic heterocycles. The Balaban J connectivity index is 1.26. The Bertz CT molecular complexity index is 2330. The number of ether oxygens (including phenoxy) is 1. The van der Waals surface area contributed by atoms with E-state index >= 15 is 0 Å². The number of aromatic nitrogens is 6. The molecule has 17 heteroatoms. The van der Waals surface area contributed by atoms with Crippen LogP contribution in [0.25, 0.3) is 22.5 Å². The van der Waals surface area contributed by atoms with Gasteiger partial charge in [0.1, 0.15) is 17.1 Å². The molecule has 54 heavy (non-hydrogen) atoms. The minimum absolute atomic E-state index is 0.0783. The maximum absolute atomic E-state index is 13.6. The van der Waals surface area contributed by atoms with E-state index in [1.807, 2.05) is 55.5 Å². The number of nitrogens with zero attached hydrogens (tertiary/aromatic N) is 7. The van der Waals surface area contributed by atoms with Gasteiger partial charge in [0.25, 0.3) is 5.91 Å². The van der Waals surface area contributed by atoms with E-state index in [0.29, 0.717) is 23.4 Å². The van der Waals surface area contributed by atoms with E-state index in [0.717, 1.165) is 27.9 Å². The van der Waals surface area contributed by atoms with Gasteiger partial charge in [-0.3, -0.25) is 15.2 Å². The Kier molecular flexibility index (Phi) is 11.1. The molecule has 0 radical (unpaired) electrons. The molecule has 3 aromatic carbocycles. The lowest BCUT2D eigenvalue weighted by molar-refractivity contribution is -0.497. The van der Waals surface area contributed by atoms with Gasteiger partial charge < -0.3 is 23.2 Å². The third-order valence-electron chi connectivity index (χ3n) is 8.35. The molecule has 17 nitrogen and oxygen atoms in total. The average Bonchev–Trinajstić information content (AvgIpc) is 3.87. The molecule has 6 aromatic rings. The number of benzene rings is 3. The summed E-state index contributed by atoms with van der Waals surface area (Å²) in [6.07, 6.45) is 1.26. The molecule has 6 rings (SSSR count). The van der Waals surface area contributed by atoms with Crippen molar-refractivity contribution in [1.82, 2.24) is 35.1 Å². The number of aryl methyl sites for hydroxylation is 2. The van der Waals surface area contributed by atoms with Gasteiger partial charge in [-0.1, -0.05) is 72.4 Å². The Morgan fingerprint density at radius 3 is 2.35 bits per heavy atom. The van der Waals surface area contributed by atoms with Gasteiger partial charge in [0.2, 0.25) is 5.82 Å². The minimum atomic E-state index is -1.48. The lowest BCUT2D eigenvalue weighted by atomic mass is 9.98. The zero-order valence-corrected chi connectivity index (χ0v) is 29.8. The summed E-state index contributed by atoms with van der Waals surface area (Å²) in [5, 5.41) is 40.8. The van der Waals surface area contributed by atoms with Crippen LogP contribution in [-0.2, 0) is 41.4 Å². The summed E-state index contributed by atoms with van der Waals surface area (Å²) in [5.74, 6) is -1.13.